The van der Waals surface area contributed by atoms with Crippen LogP contribution in [0.25, 0.3) is 0 Å². The fourth-order valence-electron chi connectivity index (χ4n) is 1.16. The van der Waals surface area contributed by atoms with Crippen molar-refractivity contribution in [2.75, 3.05) is 0 Å². The Kier molecular flexibility index (Phi) is 4.51. The quantitative estimate of drug-likeness (QED) is 0.677. The van der Waals surface area contributed by atoms with Gasteiger partial charge in [0.25, 0.3) is 0 Å². The minimum Gasteiger partial charge on any atom is -0.242 e. The van der Waals surface area contributed by atoms with Crippen molar-refractivity contribution in [1.29, 1.82) is 0 Å². The summed E-state index contributed by atoms with van der Waals surface area (Å²) in [6, 6.07) is 3.83. The SMILES string of the molecule is Cc1cc(C)ncn1.Cc1ccnc(C)n1. The Labute approximate surface area is 95.8 Å². The molecule has 0 bridgehead atoms. The lowest BCUT2D eigenvalue weighted by molar-refractivity contribution is 1.01. The second kappa shape index (κ2) is 5.90. The van der Waals surface area contributed by atoms with Crippen LogP contribution in [-0.2, 0) is 0 Å². The highest BCUT2D eigenvalue weighted by Crippen LogP contribution is 1.91. The lowest BCUT2D eigenvalue weighted by Gasteiger charge is -1.89. The summed E-state index contributed by atoms with van der Waals surface area (Å²) in [5, 5.41) is 0. The molecule has 0 aliphatic rings. The largest absolute Gasteiger partial charge is 0.242 e. The first-order valence-corrected chi connectivity index (χ1v) is 5.09. The van der Waals surface area contributed by atoms with Crippen molar-refractivity contribution in [3.8, 4) is 0 Å². The van der Waals surface area contributed by atoms with Crippen LogP contribution in [-0.4, -0.2) is 19.9 Å². The van der Waals surface area contributed by atoms with Crippen LogP contribution in [0.15, 0.2) is 24.7 Å². The summed E-state index contributed by atoms with van der Waals surface area (Å²) in [5.74, 6) is 0.838. The summed E-state index contributed by atoms with van der Waals surface area (Å²) in [4.78, 5) is 15.8. The normalized spacial score (nSPS) is 9.25. The van der Waals surface area contributed by atoms with Gasteiger partial charge in [0.2, 0.25) is 0 Å². The maximum absolute atomic E-state index is 4.06. The first-order valence-electron chi connectivity index (χ1n) is 5.09. The molecule has 2 rings (SSSR count). The molecule has 2 aromatic rings. The van der Waals surface area contributed by atoms with E-state index >= 15 is 0 Å². The molecule has 0 radical (unpaired) electrons. The molecular weight excluding hydrogens is 200 g/mol. The molecule has 16 heavy (non-hydrogen) atoms. The molecule has 84 valence electrons. The summed E-state index contributed by atoms with van der Waals surface area (Å²) in [7, 11) is 0. The number of nitrogens with zero attached hydrogens (tertiary/aromatic N) is 4. The summed E-state index contributed by atoms with van der Waals surface area (Å²) in [6.07, 6.45) is 3.34. The highest BCUT2D eigenvalue weighted by Gasteiger charge is 1.84. The summed E-state index contributed by atoms with van der Waals surface area (Å²) >= 11 is 0. The molecule has 0 saturated carbocycles. The zero-order valence-electron chi connectivity index (χ0n) is 10.1. The van der Waals surface area contributed by atoms with Crippen LogP contribution >= 0.6 is 0 Å². The van der Waals surface area contributed by atoms with Crippen LogP contribution < -0.4 is 0 Å². The molecule has 4 nitrogen and oxygen atoms in total. The maximum atomic E-state index is 4.06. The first kappa shape index (κ1) is 12.2. The lowest BCUT2D eigenvalue weighted by atomic mass is 10.4. The Hall–Kier alpha value is -1.84. The van der Waals surface area contributed by atoms with Crippen LogP contribution in [0, 0.1) is 27.7 Å². The van der Waals surface area contributed by atoms with E-state index in [1.807, 2.05) is 39.8 Å². The van der Waals surface area contributed by atoms with E-state index in [0.29, 0.717) is 0 Å². The van der Waals surface area contributed by atoms with Gasteiger partial charge >= 0.3 is 0 Å². The smallest absolute Gasteiger partial charge is 0.125 e. The maximum Gasteiger partial charge on any atom is 0.125 e. The van der Waals surface area contributed by atoms with Gasteiger partial charge < -0.3 is 0 Å². The molecule has 2 heterocycles. The third-order valence-corrected chi connectivity index (χ3v) is 1.86. The molecule has 0 unspecified atom stereocenters. The van der Waals surface area contributed by atoms with Gasteiger partial charge in [0.1, 0.15) is 12.2 Å². The minimum atomic E-state index is 0.838. The number of hydrogen-bond acceptors (Lipinski definition) is 4. The Morgan fingerprint density at radius 3 is 1.75 bits per heavy atom. The second-order valence-corrected chi connectivity index (χ2v) is 3.55. The summed E-state index contributed by atoms with van der Waals surface area (Å²) in [6.45, 7) is 7.74. The van der Waals surface area contributed by atoms with E-state index in [-0.39, 0.29) is 0 Å². The number of rotatable bonds is 0. The van der Waals surface area contributed by atoms with Crippen LogP contribution in [0.3, 0.4) is 0 Å². The van der Waals surface area contributed by atoms with E-state index in [9.17, 15) is 0 Å². The Morgan fingerprint density at radius 2 is 1.44 bits per heavy atom. The molecule has 0 saturated heterocycles. The standard InChI is InChI=1S/2C6H8N2/c1-5-3-6(2)8-4-7-5;1-5-3-4-7-6(2)8-5/h2*3-4H,1-2H3. The van der Waals surface area contributed by atoms with E-state index in [4.69, 9.17) is 0 Å². The zero-order valence-corrected chi connectivity index (χ0v) is 10.1. The molecule has 4 heteroatoms. The second-order valence-electron chi connectivity index (χ2n) is 3.55. The molecule has 2 aromatic heterocycles. The first-order chi connectivity index (χ1) is 7.58. The Bertz CT molecular complexity index is 376. The third-order valence-electron chi connectivity index (χ3n) is 1.86. The molecular formula is C12H16N4. The van der Waals surface area contributed by atoms with E-state index < -0.39 is 0 Å². The molecule has 0 N–H and O–H groups in total. The fraction of sp³-hybridized carbons (Fsp3) is 0.333. The van der Waals surface area contributed by atoms with Gasteiger partial charge in [-0.15, -0.1) is 0 Å². The van der Waals surface area contributed by atoms with Crippen molar-refractivity contribution in [3.63, 3.8) is 0 Å². The van der Waals surface area contributed by atoms with E-state index in [2.05, 4.69) is 19.9 Å². The van der Waals surface area contributed by atoms with Gasteiger partial charge in [-0.05, 0) is 39.8 Å². The van der Waals surface area contributed by atoms with Crippen molar-refractivity contribution in [1.82, 2.24) is 19.9 Å². The molecule has 0 atom stereocenters. The van der Waals surface area contributed by atoms with Gasteiger partial charge in [-0.1, -0.05) is 0 Å². The van der Waals surface area contributed by atoms with Crippen LogP contribution in [0.2, 0.25) is 0 Å². The highest BCUT2D eigenvalue weighted by atomic mass is 14.9. The van der Waals surface area contributed by atoms with Crippen LogP contribution in [0.5, 0.6) is 0 Å². The molecule has 0 aliphatic heterocycles. The average Bonchev–Trinajstić information content (AvgIpc) is 2.17. The summed E-state index contributed by atoms with van der Waals surface area (Å²) < 4.78 is 0. The number of hydrogen-bond donors (Lipinski definition) is 0. The molecule has 0 amide bonds. The van der Waals surface area contributed by atoms with Gasteiger partial charge in [-0.3, -0.25) is 0 Å². The fourth-order valence-corrected chi connectivity index (χ4v) is 1.16. The molecule has 0 aliphatic carbocycles. The summed E-state index contributed by atoms with van der Waals surface area (Å²) in [5.41, 5.74) is 3.08. The predicted molar refractivity (Wildman–Crippen MR) is 63.0 cm³/mol. The van der Waals surface area contributed by atoms with Crippen LogP contribution in [0.1, 0.15) is 22.9 Å². The Balaban J connectivity index is 0.000000160. The van der Waals surface area contributed by atoms with E-state index in [0.717, 1.165) is 22.9 Å². The minimum absolute atomic E-state index is 0.838. The van der Waals surface area contributed by atoms with Crippen molar-refractivity contribution < 1.29 is 0 Å². The van der Waals surface area contributed by atoms with Gasteiger partial charge in [-0.2, -0.15) is 0 Å². The predicted octanol–water partition coefficient (Wildman–Crippen LogP) is 2.19. The van der Waals surface area contributed by atoms with Gasteiger partial charge in [0.05, 0.1) is 0 Å². The topological polar surface area (TPSA) is 51.6 Å². The Morgan fingerprint density at radius 1 is 0.812 bits per heavy atom. The number of aryl methyl sites for hydroxylation is 4. The molecule has 0 fully saturated rings. The number of aromatic nitrogens is 4. The van der Waals surface area contributed by atoms with E-state index in [1.165, 1.54) is 0 Å². The van der Waals surface area contributed by atoms with Crippen molar-refractivity contribution in [2.24, 2.45) is 0 Å². The van der Waals surface area contributed by atoms with Crippen LogP contribution in [0.4, 0.5) is 0 Å². The van der Waals surface area contributed by atoms with Gasteiger partial charge in [-0.25, -0.2) is 19.9 Å². The zero-order chi connectivity index (χ0) is 12.0. The van der Waals surface area contributed by atoms with Crippen molar-refractivity contribution in [3.05, 3.63) is 47.6 Å². The van der Waals surface area contributed by atoms with Crippen molar-refractivity contribution in [2.45, 2.75) is 27.7 Å². The highest BCUT2D eigenvalue weighted by molar-refractivity contribution is 5.03. The molecule has 0 spiro atoms. The molecule has 0 aromatic carbocycles. The average molecular weight is 216 g/mol. The van der Waals surface area contributed by atoms with Crippen molar-refractivity contribution >= 4 is 0 Å². The monoisotopic (exact) mass is 216 g/mol. The lowest BCUT2D eigenvalue weighted by Crippen LogP contribution is -1.86. The van der Waals surface area contributed by atoms with Gasteiger partial charge in [0.15, 0.2) is 0 Å². The third kappa shape index (κ3) is 4.59. The van der Waals surface area contributed by atoms with Gasteiger partial charge in [0, 0.05) is 23.3 Å². The van der Waals surface area contributed by atoms with E-state index in [1.54, 1.807) is 12.5 Å².